The van der Waals surface area contributed by atoms with Crippen molar-refractivity contribution in [2.75, 3.05) is 20.0 Å². The smallest absolute Gasteiger partial charge is 0.493 e. The maximum Gasteiger partial charge on any atom is 0.493 e. The maximum absolute atomic E-state index is 12.1. The Morgan fingerprint density at radius 2 is 0.588 bits per heavy atom. The van der Waals surface area contributed by atoms with E-state index in [1.165, 1.54) is 19.2 Å². The lowest BCUT2D eigenvalue weighted by Crippen LogP contribution is -2.38. The molecule has 0 saturated carbocycles. The van der Waals surface area contributed by atoms with E-state index in [1.54, 1.807) is 62.8 Å². The molecule has 39 radical (unpaired) electrons. The molecule has 0 spiro atoms. The van der Waals surface area contributed by atoms with Gasteiger partial charge in [0.25, 0.3) is 11.4 Å². The Labute approximate surface area is 715 Å². The number of halogens is 2. The Balaban J connectivity index is -0.000000184. The average Bonchev–Trinajstić information content (AvgIpc) is 0.882. The molecule has 0 aliphatic carbocycles. The molecule has 0 aliphatic rings. The zero-order valence-corrected chi connectivity index (χ0v) is 68.0. The molecule has 0 bridgehead atoms. The van der Waals surface area contributed by atoms with Gasteiger partial charge in [-0.25, -0.2) is 4.39 Å². The molecule has 0 atom stereocenters. The lowest BCUT2D eigenvalue weighted by molar-refractivity contribution is -0.385. The summed E-state index contributed by atoms with van der Waals surface area (Å²) in [6.45, 7) is 20.0. The minimum atomic E-state index is -0.667. The van der Waals surface area contributed by atoms with Crippen LogP contribution in [-0.4, -0.2) is 222 Å². The van der Waals surface area contributed by atoms with Crippen LogP contribution in [0.5, 0.6) is 51.7 Å². The third-order valence-electron chi connectivity index (χ3n) is 10.7. The number of hydrogen-bond acceptors (Lipinski definition) is 12. The minimum Gasteiger partial charge on any atom is -0.508 e. The summed E-state index contributed by atoms with van der Waals surface area (Å²) in [6, 6.07) is 79.5. The zero-order chi connectivity index (χ0) is 87.8. The van der Waals surface area contributed by atoms with Crippen molar-refractivity contribution in [3.05, 3.63) is 304 Å². The Morgan fingerprint density at radius 1 is 0.386 bits per heavy atom. The summed E-state index contributed by atoms with van der Waals surface area (Å²) in [5.41, 5.74) is 7.22. The van der Waals surface area contributed by atoms with E-state index in [4.69, 9.17) is 105 Å². The predicted octanol–water partition coefficient (Wildman–Crippen LogP) is 11.8. The molecule has 42 heteroatoms. The second kappa shape index (κ2) is 87.0. The Kier molecular flexibility index (Phi) is 92.6. The molecular formula is C72H84B26ClFN3O11. The molecule has 10 aromatic rings. The highest BCUT2D eigenvalue weighted by molar-refractivity contribution is 7.76. The highest BCUT2D eigenvalue weighted by Crippen LogP contribution is 2.26. The molecule has 545 valence electrons. The van der Waals surface area contributed by atoms with Gasteiger partial charge in [0.05, 0.1) is 9.85 Å². The van der Waals surface area contributed by atoms with Gasteiger partial charge in [0.1, 0.15) is 57.6 Å². The van der Waals surface area contributed by atoms with Crippen LogP contribution in [0.2, 0.25) is 5.02 Å². The molecule has 0 aromatic heterocycles. The number of anilines is 1. The minimum absolute atomic E-state index is 0. The lowest BCUT2D eigenvalue weighted by Gasteiger charge is -2.10. The first-order valence-corrected chi connectivity index (χ1v) is 35.3. The number of ether oxygens (including phenoxy) is 4. The van der Waals surface area contributed by atoms with Gasteiger partial charge < -0.3 is 39.1 Å². The highest BCUT2D eigenvalue weighted by Gasteiger charge is 2.17. The summed E-state index contributed by atoms with van der Waals surface area (Å²) in [5.74, 6) is 6.00. The molecule has 114 heavy (non-hydrogen) atoms. The quantitative estimate of drug-likeness (QED) is 0.0428. The standard InChI is InChI=1S/C14H15BO3.C12H9ClO.C12H9NO3.C12H11NO.C6H4FNO2.C6H6O.5C2H6.B6.B5.2B4.B3.B2.B/c1-16-15(17-2)12-8-10-14(11-9-12)18-13-6-4-3-5-7-13;13-10-6-8-12(9-7-10)14-11-4-2-1-3-5-11;14-13(15)10-6-8-12(9-7-10)16-11-4-2-1-3-5-11;13-10-6-8-12(9-7-10)14-11-4-2-1-3-5-11;7-5-1-3-6(4-2-5)8(9)10;7-6-4-2-1-3-5-6;5*1-2;1-5(2)6(3)4;1-4-5(2)3;2*1-4(2)3;1-3-2;1-2;/h3-11H,1-2H3;1-9H;1-9H;1-9H,13H2;1-4H;1-5,7H;5*1-2H3;;;;;;;. The molecular weight excluding hydrogens is 1420 g/mol. The van der Waals surface area contributed by atoms with Crippen molar-refractivity contribution in [2.45, 2.75) is 69.2 Å². The largest absolute Gasteiger partial charge is 0.508 e. The predicted molar refractivity (Wildman–Crippen MR) is 509 cm³/mol. The van der Waals surface area contributed by atoms with E-state index in [0.717, 1.165) is 77.0 Å². The number of phenols is 1. The van der Waals surface area contributed by atoms with Crippen molar-refractivity contribution in [2.24, 2.45) is 0 Å². The first-order valence-electron chi connectivity index (χ1n) is 34.9. The first kappa shape index (κ1) is 121. The number of non-ortho nitro benzene ring substituents is 2. The molecule has 0 fully saturated rings. The number of nitrogens with zero attached hydrogens (tertiary/aromatic N) is 2. The summed E-state index contributed by atoms with van der Waals surface area (Å²) < 4.78 is 44.8. The summed E-state index contributed by atoms with van der Waals surface area (Å²) in [5, 5.41) is 29.8. The third-order valence-corrected chi connectivity index (χ3v) is 10.9. The van der Waals surface area contributed by atoms with Crippen LogP contribution in [0.3, 0.4) is 0 Å². The van der Waals surface area contributed by atoms with Gasteiger partial charge in [-0.2, -0.15) is 0 Å². The first-order chi connectivity index (χ1) is 54.2. The van der Waals surface area contributed by atoms with Crippen LogP contribution in [0.4, 0.5) is 21.5 Å². The monoisotopic (exact) mass is 1510 g/mol. The number of nitro groups is 2. The number of aromatic hydroxyl groups is 1. The SMILES string of the molecule is CC.CC.CC.CC.CC.COB(OC)c1ccc(Oc2ccccc2)cc1.Clc1ccc(Oc2ccccc2)cc1.Nc1ccc(Oc2ccccc2)cc1.O=[N+]([O-])c1ccc(F)cc1.O=[N+]([O-])c1ccc(Oc2ccccc2)cc1.Oc1ccccc1.[B].[B]B([B])B([B])[B].[B]B([B])[B].[B]B([B])[B].[B][B].[B][B]B([B])[B].[B][B][B]. The molecule has 3 N–H and O–H groups in total. The average molecular weight is 1500 g/mol. The van der Waals surface area contributed by atoms with Crippen LogP contribution in [0.1, 0.15) is 69.2 Å². The van der Waals surface area contributed by atoms with Gasteiger partial charge in [-0.1, -0.05) is 184 Å². The summed E-state index contributed by atoms with van der Waals surface area (Å²) in [4.78, 5) is 19.4. The number of nitrogens with two attached hydrogens (primary N) is 1. The van der Waals surface area contributed by atoms with E-state index in [0.29, 0.717) is 22.3 Å². The molecule has 0 aliphatic heterocycles. The summed E-state index contributed by atoms with van der Waals surface area (Å²) >= 11 is 5.76. The van der Waals surface area contributed by atoms with Gasteiger partial charge in [0.15, 0.2) is 0 Å². The van der Waals surface area contributed by atoms with Gasteiger partial charge >= 0.3 is 7.12 Å². The summed E-state index contributed by atoms with van der Waals surface area (Å²) in [7, 11) is 84.5. The van der Waals surface area contributed by atoms with Gasteiger partial charge in [0, 0.05) is 235 Å². The fourth-order valence-corrected chi connectivity index (χ4v) is 6.35. The second-order valence-electron chi connectivity index (χ2n) is 19.1. The van der Waals surface area contributed by atoms with E-state index < -0.39 is 47.6 Å². The molecule has 0 amide bonds. The fraction of sp³-hybridized carbons (Fsp3) is 0.167. The van der Waals surface area contributed by atoms with Crippen molar-refractivity contribution in [1.82, 2.24) is 0 Å². The van der Waals surface area contributed by atoms with Crippen LogP contribution in [0.15, 0.2) is 273 Å². The topological polar surface area (TPSA) is 188 Å². The maximum atomic E-state index is 12.1. The van der Waals surface area contributed by atoms with Crippen molar-refractivity contribution in [3.63, 3.8) is 0 Å². The van der Waals surface area contributed by atoms with E-state index in [2.05, 4.69) is 77.4 Å². The normalized spacial score (nSPS) is 8.19. The zero-order valence-electron chi connectivity index (χ0n) is 67.2. The number of hydrogen-bond donors (Lipinski definition) is 2. The van der Waals surface area contributed by atoms with E-state index in [1.807, 2.05) is 257 Å². The van der Waals surface area contributed by atoms with Crippen molar-refractivity contribution in [1.29, 1.82) is 0 Å². The van der Waals surface area contributed by atoms with Crippen LogP contribution in [0.25, 0.3) is 0 Å². The highest BCUT2D eigenvalue weighted by atomic mass is 35.5. The Hall–Kier alpha value is -8.37. The van der Waals surface area contributed by atoms with Gasteiger partial charge in [0.2, 0.25) is 0 Å². The van der Waals surface area contributed by atoms with Crippen LogP contribution >= 0.6 is 11.6 Å². The number of rotatable bonds is 15. The van der Waals surface area contributed by atoms with Crippen molar-refractivity contribution in [3.8, 4) is 51.7 Å². The second-order valence-corrected chi connectivity index (χ2v) is 19.6. The van der Waals surface area contributed by atoms with Crippen LogP contribution < -0.4 is 30.1 Å². The molecule has 0 heterocycles. The van der Waals surface area contributed by atoms with Gasteiger partial charge in [-0.3, -0.25) is 20.2 Å². The van der Waals surface area contributed by atoms with Crippen molar-refractivity contribution < 1.29 is 47.6 Å². The van der Waals surface area contributed by atoms with Gasteiger partial charge in [-0.05, 0) is 151 Å². The number of benzene rings is 10. The van der Waals surface area contributed by atoms with Crippen LogP contribution in [-0.2, 0) is 9.31 Å². The molecule has 0 saturated heterocycles. The summed E-state index contributed by atoms with van der Waals surface area (Å²) in [6.07, 6.45) is -2.98. The third kappa shape index (κ3) is 76.3. The molecule has 0 unspecified atom stereocenters. The Morgan fingerprint density at radius 3 is 0.789 bits per heavy atom. The van der Waals surface area contributed by atoms with E-state index >= 15 is 0 Å². The lowest BCUT2D eigenvalue weighted by atomic mass is 8.81. The Bertz CT molecular complexity index is 3540. The number of phenolic OH excluding ortho intramolecular Hbond substituents is 1. The molecule has 14 nitrogen and oxygen atoms in total. The van der Waals surface area contributed by atoms with E-state index in [-0.39, 0.29) is 26.9 Å². The van der Waals surface area contributed by atoms with Crippen LogP contribution in [0, 0.1) is 26.0 Å². The van der Waals surface area contributed by atoms with Gasteiger partial charge in [-0.15, -0.1) is 0 Å². The fourth-order valence-electron chi connectivity index (χ4n) is 6.23. The molecule has 10 rings (SSSR count). The number of para-hydroxylation sites is 5. The number of nitrogen functional groups attached to an aromatic ring is 1. The molecule has 10 aromatic carbocycles. The number of nitro benzene ring substituents is 2. The van der Waals surface area contributed by atoms with Crippen molar-refractivity contribution >= 4 is 227 Å². The van der Waals surface area contributed by atoms with E-state index in [9.17, 15) is 24.6 Å².